The van der Waals surface area contributed by atoms with E-state index in [1.165, 1.54) is 56.1 Å². The number of fused-ring (bicyclic) bond motifs is 2. The van der Waals surface area contributed by atoms with Gasteiger partial charge in [0.2, 0.25) is 0 Å². The number of halogens is 1. The summed E-state index contributed by atoms with van der Waals surface area (Å²) in [5.74, 6) is 0.649. The first-order valence-corrected chi connectivity index (χ1v) is 11.9. The fourth-order valence-corrected chi connectivity index (χ4v) is 7.73. The van der Waals surface area contributed by atoms with Crippen molar-refractivity contribution in [3.8, 4) is 6.07 Å². The average Bonchev–Trinajstić information content (AvgIpc) is 3.22. The van der Waals surface area contributed by atoms with Gasteiger partial charge < -0.3 is 21.5 Å². The molecule has 5 heteroatoms. The summed E-state index contributed by atoms with van der Waals surface area (Å²) in [6.45, 7) is 4.31. The Morgan fingerprint density at radius 1 is 1.00 bits per heavy atom. The minimum Gasteiger partial charge on any atom is -1.00 e. The lowest BCUT2D eigenvalue weighted by molar-refractivity contribution is -0.950. The van der Waals surface area contributed by atoms with Gasteiger partial charge in [-0.15, -0.1) is 22.7 Å². The molecule has 152 valence electrons. The lowest BCUT2D eigenvalue weighted by Crippen LogP contribution is -3.00. The molecule has 0 N–H and O–H groups in total. The number of hydrogen-bond acceptors (Lipinski definition) is 3. The molecular weight excluding hydrogens is 448 g/mol. The molecule has 2 aliphatic rings. The Morgan fingerprint density at radius 3 is 1.89 bits per heavy atom. The van der Waals surface area contributed by atoms with Crippen molar-refractivity contribution < 1.29 is 21.5 Å². The molecule has 0 amide bonds. The number of nitrogens with zero attached hydrogens (tertiary/aromatic N) is 2. The van der Waals surface area contributed by atoms with Gasteiger partial charge in [0.25, 0.3) is 0 Å². The maximum atomic E-state index is 10.5. The quantitative estimate of drug-likeness (QED) is 0.619. The molecule has 0 aromatic carbocycles. The molecule has 0 radical (unpaired) electrons. The normalized spacial score (nSPS) is 26.3. The SMILES string of the molecule is Cc1ccc(C(C#N)(CC2C[C@H]3CCC[C@@H](C2)[N+]3(C)C)c2ccc(C)s2)s1.[Br-]. The zero-order chi connectivity index (χ0) is 19.2. The predicted octanol–water partition coefficient (Wildman–Crippen LogP) is 3.04. The van der Waals surface area contributed by atoms with Gasteiger partial charge in [-0.3, -0.25) is 0 Å². The van der Waals surface area contributed by atoms with Crippen molar-refractivity contribution >= 4 is 22.7 Å². The summed E-state index contributed by atoms with van der Waals surface area (Å²) in [6.07, 6.45) is 7.65. The Bertz CT molecular complexity index is 804. The second-order valence-electron chi connectivity index (χ2n) is 9.25. The molecule has 28 heavy (non-hydrogen) atoms. The molecule has 0 spiro atoms. The van der Waals surface area contributed by atoms with Crippen LogP contribution < -0.4 is 17.0 Å². The highest BCUT2D eigenvalue weighted by atomic mass is 79.9. The summed E-state index contributed by atoms with van der Waals surface area (Å²) in [5, 5.41) is 10.5. The van der Waals surface area contributed by atoms with E-state index in [1.807, 2.05) is 22.7 Å². The van der Waals surface area contributed by atoms with E-state index in [1.54, 1.807) is 0 Å². The van der Waals surface area contributed by atoms with Gasteiger partial charge in [-0.2, -0.15) is 5.26 Å². The monoisotopic (exact) mass is 478 g/mol. The van der Waals surface area contributed by atoms with Crippen molar-refractivity contribution in [1.82, 2.24) is 0 Å². The Balaban J connectivity index is 0.00000225. The van der Waals surface area contributed by atoms with E-state index >= 15 is 0 Å². The third kappa shape index (κ3) is 3.74. The van der Waals surface area contributed by atoms with Crippen LogP contribution in [0.15, 0.2) is 24.3 Å². The van der Waals surface area contributed by atoms with E-state index in [0.717, 1.165) is 18.5 Å². The van der Waals surface area contributed by atoms with Gasteiger partial charge in [-0.05, 0) is 69.7 Å². The largest absolute Gasteiger partial charge is 1.00 e. The Labute approximate surface area is 188 Å². The van der Waals surface area contributed by atoms with Crippen LogP contribution in [0.3, 0.4) is 0 Å². The van der Waals surface area contributed by atoms with Crippen molar-refractivity contribution in [2.75, 3.05) is 14.1 Å². The summed E-state index contributed by atoms with van der Waals surface area (Å²) >= 11 is 3.63. The molecule has 4 heterocycles. The van der Waals surface area contributed by atoms with Crippen LogP contribution in [0.2, 0.25) is 0 Å². The first-order chi connectivity index (χ1) is 12.8. The van der Waals surface area contributed by atoms with Gasteiger partial charge in [0.05, 0.1) is 32.2 Å². The van der Waals surface area contributed by atoms with Crippen molar-refractivity contribution in [1.29, 1.82) is 5.26 Å². The summed E-state index contributed by atoms with van der Waals surface area (Å²) in [5.41, 5.74) is -0.467. The maximum Gasteiger partial charge on any atom is 0.126 e. The van der Waals surface area contributed by atoms with Gasteiger partial charge in [0, 0.05) is 32.4 Å². The number of piperidine rings is 2. The van der Waals surface area contributed by atoms with Crippen molar-refractivity contribution in [2.24, 2.45) is 5.92 Å². The number of thiophene rings is 2. The molecule has 2 aromatic rings. The number of quaternary nitrogens is 1. The van der Waals surface area contributed by atoms with Gasteiger partial charge in [-0.1, -0.05) is 0 Å². The van der Waals surface area contributed by atoms with Gasteiger partial charge in [0.1, 0.15) is 5.41 Å². The molecule has 0 saturated carbocycles. The zero-order valence-electron chi connectivity index (χ0n) is 17.4. The van der Waals surface area contributed by atoms with E-state index in [2.05, 4.69) is 58.3 Å². The summed E-state index contributed by atoms with van der Waals surface area (Å²) < 4.78 is 1.20. The summed E-state index contributed by atoms with van der Waals surface area (Å²) in [7, 11) is 4.88. The van der Waals surface area contributed by atoms with Gasteiger partial charge in [-0.25, -0.2) is 0 Å². The van der Waals surface area contributed by atoms with Crippen LogP contribution in [0.25, 0.3) is 0 Å². The highest BCUT2D eigenvalue weighted by Crippen LogP contribution is 2.49. The molecule has 2 aromatic heterocycles. The van der Waals surface area contributed by atoms with Gasteiger partial charge in [0.15, 0.2) is 0 Å². The fourth-order valence-electron chi connectivity index (χ4n) is 5.60. The highest BCUT2D eigenvalue weighted by molar-refractivity contribution is 7.13. The van der Waals surface area contributed by atoms with Crippen molar-refractivity contribution in [3.05, 3.63) is 43.8 Å². The first-order valence-electron chi connectivity index (χ1n) is 10.2. The van der Waals surface area contributed by atoms with E-state index < -0.39 is 5.41 Å². The second kappa shape index (κ2) is 8.22. The molecule has 2 saturated heterocycles. The lowest BCUT2D eigenvalue weighted by Gasteiger charge is -2.54. The van der Waals surface area contributed by atoms with Crippen molar-refractivity contribution in [2.45, 2.75) is 69.9 Å². The van der Waals surface area contributed by atoms with Crippen LogP contribution in [0.1, 0.15) is 58.0 Å². The minimum absolute atomic E-state index is 0. The number of aryl methyl sites for hydroxylation is 2. The van der Waals surface area contributed by atoms with Crippen LogP contribution in [0.4, 0.5) is 0 Å². The molecule has 1 unspecified atom stereocenters. The Kier molecular flexibility index (Phi) is 6.47. The molecule has 2 bridgehead atoms. The highest BCUT2D eigenvalue weighted by Gasteiger charge is 2.49. The minimum atomic E-state index is -0.467. The van der Waals surface area contributed by atoms with E-state index in [-0.39, 0.29) is 17.0 Å². The van der Waals surface area contributed by atoms with E-state index in [4.69, 9.17) is 0 Å². The summed E-state index contributed by atoms with van der Waals surface area (Å²) in [6, 6.07) is 13.2. The molecule has 3 atom stereocenters. The molecule has 2 fully saturated rings. The van der Waals surface area contributed by atoms with Crippen LogP contribution >= 0.6 is 22.7 Å². The topological polar surface area (TPSA) is 23.8 Å². The van der Waals surface area contributed by atoms with Crippen LogP contribution in [0, 0.1) is 31.1 Å². The van der Waals surface area contributed by atoms with Crippen molar-refractivity contribution in [3.63, 3.8) is 0 Å². The fraction of sp³-hybridized carbons (Fsp3) is 0.609. The molecular formula is C23H31BrN2S2. The van der Waals surface area contributed by atoms with E-state index in [9.17, 15) is 5.26 Å². The smallest absolute Gasteiger partial charge is 0.126 e. The zero-order valence-corrected chi connectivity index (χ0v) is 20.6. The number of hydrogen-bond donors (Lipinski definition) is 0. The Hall–Kier alpha value is -0.670. The molecule has 2 nitrogen and oxygen atoms in total. The number of rotatable bonds is 4. The third-order valence-corrected chi connectivity index (χ3v) is 9.60. The lowest BCUT2D eigenvalue weighted by atomic mass is 9.69. The van der Waals surface area contributed by atoms with Crippen LogP contribution in [-0.2, 0) is 5.41 Å². The predicted molar refractivity (Wildman–Crippen MR) is 115 cm³/mol. The molecule has 0 aliphatic carbocycles. The third-order valence-electron chi connectivity index (χ3n) is 7.28. The standard InChI is InChI=1S/C23H31N2S2.BrH/c1-16-8-10-21(26-16)23(15-24,22-11-9-17(2)27-22)14-18-12-19-6-5-7-20(13-18)25(19,3)4;/h8-11,18-20H,5-7,12-14H2,1-4H3;1H/q+1;/p-1/t18?,19-,20+;. The van der Waals surface area contributed by atoms with Crippen LogP contribution in [0.5, 0.6) is 0 Å². The molecule has 2 aliphatic heterocycles. The average molecular weight is 480 g/mol. The maximum absolute atomic E-state index is 10.5. The first kappa shape index (κ1) is 22.0. The Morgan fingerprint density at radius 2 is 1.50 bits per heavy atom. The van der Waals surface area contributed by atoms with E-state index in [0.29, 0.717) is 5.92 Å². The van der Waals surface area contributed by atoms with Gasteiger partial charge >= 0.3 is 0 Å². The summed E-state index contributed by atoms with van der Waals surface area (Å²) in [4.78, 5) is 5.09. The second-order valence-corrected chi connectivity index (χ2v) is 11.8. The van der Waals surface area contributed by atoms with Crippen LogP contribution in [-0.4, -0.2) is 30.7 Å². The molecule has 4 rings (SSSR count). The number of nitriles is 1.